The molecule has 1 N–H and O–H groups in total. The first-order valence-electron chi connectivity index (χ1n) is 7.47. The third kappa shape index (κ3) is 4.93. The molecule has 0 amide bonds. The number of sulfonamides is 1. The zero-order valence-electron chi connectivity index (χ0n) is 13.4. The molecular weight excluding hydrogens is 353 g/mol. The van der Waals surface area contributed by atoms with Gasteiger partial charge in [-0.15, -0.1) is 0 Å². The lowest BCUT2D eigenvalue weighted by Gasteiger charge is -2.11. The maximum Gasteiger partial charge on any atom is 0.240 e. The van der Waals surface area contributed by atoms with Crippen LogP contribution in [0.1, 0.15) is 25.3 Å². The summed E-state index contributed by atoms with van der Waals surface area (Å²) in [5.41, 5.74) is 1.07. The summed E-state index contributed by atoms with van der Waals surface area (Å²) in [6, 6.07) is 10.5. The van der Waals surface area contributed by atoms with E-state index in [2.05, 4.69) is 4.72 Å². The number of hydrogen-bond acceptors (Lipinski definition) is 3. The van der Waals surface area contributed by atoms with E-state index in [0.717, 1.165) is 11.6 Å². The quantitative estimate of drug-likeness (QED) is 0.749. The van der Waals surface area contributed by atoms with Gasteiger partial charge in [0.15, 0.2) is 0 Å². The molecule has 0 aliphatic heterocycles. The minimum absolute atomic E-state index is 0.0714. The van der Waals surface area contributed by atoms with Crippen LogP contribution >= 0.6 is 11.6 Å². The van der Waals surface area contributed by atoms with Crippen LogP contribution < -0.4 is 9.46 Å². The predicted molar refractivity (Wildman–Crippen MR) is 92.6 cm³/mol. The Morgan fingerprint density at radius 1 is 1.17 bits per heavy atom. The molecular formula is C17H19ClFNO3S. The third-order valence-corrected chi connectivity index (χ3v) is 5.18. The fourth-order valence-corrected chi connectivity index (χ4v) is 3.28. The fraction of sp³-hybridized carbons (Fsp3) is 0.294. The van der Waals surface area contributed by atoms with Crippen molar-refractivity contribution in [1.82, 2.24) is 4.72 Å². The lowest BCUT2D eigenvalue weighted by molar-refractivity contribution is 0.322. The molecule has 2 rings (SSSR count). The maximum absolute atomic E-state index is 12.9. The van der Waals surface area contributed by atoms with Crippen LogP contribution in [0.2, 0.25) is 5.02 Å². The molecule has 130 valence electrons. The van der Waals surface area contributed by atoms with Crippen molar-refractivity contribution in [3.8, 4) is 5.75 Å². The van der Waals surface area contributed by atoms with E-state index in [-0.39, 0.29) is 23.1 Å². The number of halogens is 2. The first-order valence-corrected chi connectivity index (χ1v) is 9.33. The van der Waals surface area contributed by atoms with Crippen molar-refractivity contribution in [3.63, 3.8) is 0 Å². The van der Waals surface area contributed by atoms with Crippen molar-refractivity contribution in [1.29, 1.82) is 0 Å². The molecule has 24 heavy (non-hydrogen) atoms. The molecule has 0 aromatic heterocycles. The Balaban J connectivity index is 1.90. The summed E-state index contributed by atoms with van der Waals surface area (Å²) in [6.45, 7) is 4.23. The largest absolute Gasteiger partial charge is 0.491 e. The number of nitrogens with one attached hydrogen (secondary N) is 1. The normalized spacial score (nSPS) is 11.7. The molecule has 0 unspecified atom stereocenters. The van der Waals surface area contributed by atoms with Gasteiger partial charge in [-0.05, 0) is 41.8 Å². The molecule has 0 saturated heterocycles. The van der Waals surface area contributed by atoms with Gasteiger partial charge in [-0.2, -0.15) is 0 Å². The van der Waals surface area contributed by atoms with Crippen molar-refractivity contribution in [2.24, 2.45) is 0 Å². The van der Waals surface area contributed by atoms with Crippen LogP contribution in [0.25, 0.3) is 0 Å². The summed E-state index contributed by atoms with van der Waals surface area (Å²) in [6.07, 6.45) is 0. The molecule has 0 bridgehead atoms. The zero-order chi connectivity index (χ0) is 17.7. The van der Waals surface area contributed by atoms with E-state index in [1.807, 2.05) is 13.8 Å². The second-order valence-corrected chi connectivity index (χ2v) is 7.72. The summed E-state index contributed by atoms with van der Waals surface area (Å²) in [4.78, 5) is 0.201. The molecule has 2 aromatic rings. The Labute approximate surface area is 146 Å². The Kier molecular flexibility index (Phi) is 6.21. The van der Waals surface area contributed by atoms with Gasteiger partial charge in [-0.1, -0.05) is 37.6 Å². The Hall–Kier alpha value is -1.63. The summed E-state index contributed by atoms with van der Waals surface area (Å²) in [5.74, 6) is 0.181. The number of rotatable bonds is 7. The molecule has 7 heteroatoms. The molecule has 2 aromatic carbocycles. The summed E-state index contributed by atoms with van der Waals surface area (Å²) >= 11 is 5.83. The molecule has 0 aliphatic carbocycles. The van der Waals surface area contributed by atoms with E-state index in [0.29, 0.717) is 11.7 Å². The molecule has 0 radical (unpaired) electrons. The average molecular weight is 372 g/mol. The molecule has 4 nitrogen and oxygen atoms in total. The molecule has 0 fully saturated rings. The molecule has 0 atom stereocenters. The van der Waals surface area contributed by atoms with Gasteiger partial charge >= 0.3 is 0 Å². The van der Waals surface area contributed by atoms with Crippen molar-refractivity contribution in [2.75, 3.05) is 13.2 Å². The predicted octanol–water partition coefficient (Wildman–Crippen LogP) is 3.96. The highest BCUT2D eigenvalue weighted by Gasteiger charge is 2.14. The lowest BCUT2D eigenvalue weighted by Crippen LogP contribution is -2.28. The van der Waals surface area contributed by atoms with Crippen LogP contribution in [0.15, 0.2) is 47.4 Å². The first kappa shape index (κ1) is 18.7. The number of hydrogen-bond donors (Lipinski definition) is 1. The minimum Gasteiger partial charge on any atom is -0.491 e. The third-order valence-electron chi connectivity index (χ3n) is 3.40. The lowest BCUT2D eigenvalue weighted by atomic mass is 10.0. The monoisotopic (exact) mass is 371 g/mol. The van der Waals surface area contributed by atoms with Crippen LogP contribution in [-0.4, -0.2) is 21.6 Å². The van der Waals surface area contributed by atoms with Gasteiger partial charge in [0.25, 0.3) is 0 Å². The topological polar surface area (TPSA) is 55.4 Å². The zero-order valence-corrected chi connectivity index (χ0v) is 15.0. The van der Waals surface area contributed by atoms with Gasteiger partial charge in [-0.3, -0.25) is 0 Å². The molecule has 0 heterocycles. The molecule has 0 spiro atoms. The van der Waals surface area contributed by atoms with E-state index in [4.69, 9.17) is 16.3 Å². The van der Waals surface area contributed by atoms with Crippen molar-refractivity contribution >= 4 is 21.6 Å². The number of ether oxygens (including phenoxy) is 1. The van der Waals surface area contributed by atoms with Crippen LogP contribution in [0, 0.1) is 5.82 Å². The Morgan fingerprint density at radius 2 is 1.83 bits per heavy atom. The fourth-order valence-electron chi connectivity index (χ4n) is 2.04. The second kappa shape index (κ2) is 7.96. The van der Waals surface area contributed by atoms with Gasteiger partial charge in [0, 0.05) is 6.54 Å². The van der Waals surface area contributed by atoms with E-state index in [1.165, 1.54) is 12.1 Å². The highest BCUT2D eigenvalue weighted by Crippen LogP contribution is 2.24. The summed E-state index contributed by atoms with van der Waals surface area (Å²) < 4.78 is 45.1. The number of benzene rings is 2. The van der Waals surface area contributed by atoms with E-state index in [9.17, 15) is 12.8 Å². The van der Waals surface area contributed by atoms with Gasteiger partial charge < -0.3 is 4.74 Å². The SMILES string of the molecule is CC(C)c1ccc(S(=O)(=O)NCCOc2ccc(F)cc2Cl)cc1. The molecule has 0 saturated carbocycles. The Bertz CT molecular complexity index is 792. The average Bonchev–Trinajstić information content (AvgIpc) is 2.53. The van der Waals surface area contributed by atoms with Gasteiger partial charge in [0.2, 0.25) is 10.0 Å². The highest BCUT2D eigenvalue weighted by molar-refractivity contribution is 7.89. The van der Waals surface area contributed by atoms with Gasteiger partial charge in [0.05, 0.1) is 9.92 Å². The van der Waals surface area contributed by atoms with Crippen LogP contribution in [0.3, 0.4) is 0 Å². The first-order chi connectivity index (χ1) is 11.3. The minimum atomic E-state index is -3.60. The van der Waals surface area contributed by atoms with Gasteiger partial charge in [0.1, 0.15) is 18.2 Å². The summed E-state index contributed by atoms with van der Waals surface area (Å²) in [5, 5.41) is 0.141. The Morgan fingerprint density at radius 3 is 2.42 bits per heavy atom. The van der Waals surface area contributed by atoms with E-state index in [1.54, 1.807) is 24.3 Å². The van der Waals surface area contributed by atoms with Crippen LogP contribution in [-0.2, 0) is 10.0 Å². The smallest absolute Gasteiger partial charge is 0.240 e. The van der Waals surface area contributed by atoms with Crippen molar-refractivity contribution < 1.29 is 17.5 Å². The van der Waals surface area contributed by atoms with Crippen LogP contribution in [0.5, 0.6) is 5.75 Å². The standard InChI is InChI=1S/C17H19ClFNO3S/c1-12(2)13-3-6-15(7-4-13)24(21,22)20-9-10-23-17-8-5-14(19)11-16(17)18/h3-8,11-12,20H,9-10H2,1-2H3. The van der Waals surface area contributed by atoms with Crippen molar-refractivity contribution in [2.45, 2.75) is 24.7 Å². The second-order valence-electron chi connectivity index (χ2n) is 5.54. The van der Waals surface area contributed by atoms with E-state index < -0.39 is 15.8 Å². The van der Waals surface area contributed by atoms with Crippen LogP contribution in [0.4, 0.5) is 4.39 Å². The van der Waals surface area contributed by atoms with Gasteiger partial charge in [-0.25, -0.2) is 17.5 Å². The molecule has 0 aliphatic rings. The highest BCUT2D eigenvalue weighted by atomic mass is 35.5. The van der Waals surface area contributed by atoms with Crippen molar-refractivity contribution in [3.05, 3.63) is 58.9 Å². The summed E-state index contributed by atoms with van der Waals surface area (Å²) in [7, 11) is -3.60. The van der Waals surface area contributed by atoms with E-state index >= 15 is 0 Å². The maximum atomic E-state index is 12.9.